The first kappa shape index (κ1) is 21.9. The summed E-state index contributed by atoms with van der Waals surface area (Å²) in [5.74, 6) is 0. The fourth-order valence-electron chi connectivity index (χ4n) is 7.48. The van der Waals surface area contributed by atoms with Crippen LogP contribution in [0.4, 0.5) is 0 Å². The molecule has 0 N–H and O–H groups in total. The van der Waals surface area contributed by atoms with Crippen LogP contribution in [0.15, 0.2) is 109 Å². The second-order valence-corrected chi connectivity index (χ2v) is 13.4. The number of allylic oxidation sites excluding steroid dienone is 6. The Kier molecular flexibility index (Phi) is 4.63. The first-order valence-electron chi connectivity index (χ1n) is 14.1. The van der Waals surface area contributed by atoms with Crippen molar-refractivity contribution in [3.63, 3.8) is 0 Å². The Labute approximate surface area is 230 Å². The van der Waals surface area contributed by atoms with Gasteiger partial charge in [-0.3, -0.25) is 0 Å². The third-order valence-electron chi connectivity index (χ3n) is 9.15. The fraction of sp³-hybridized carbons (Fsp3) is 0.105. The van der Waals surface area contributed by atoms with Gasteiger partial charge in [0.2, 0.25) is 0 Å². The number of hydrogen-bond acceptors (Lipinski definition) is 0. The van der Waals surface area contributed by atoms with E-state index in [9.17, 15) is 0 Å². The lowest BCUT2D eigenvalue weighted by molar-refractivity contribution is 1.23. The van der Waals surface area contributed by atoms with Crippen molar-refractivity contribution in [1.29, 1.82) is 0 Å². The van der Waals surface area contributed by atoms with Gasteiger partial charge in [-0.1, -0.05) is 121 Å². The average molecular weight is 515 g/mol. The van der Waals surface area contributed by atoms with E-state index in [-0.39, 0.29) is 0 Å². The van der Waals surface area contributed by atoms with E-state index >= 15 is 0 Å². The van der Waals surface area contributed by atoms with Gasteiger partial charge in [0.25, 0.3) is 0 Å². The molecule has 0 aromatic heterocycles. The molecule has 2 atom stereocenters. The van der Waals surface area contributed by atoms with Crippen LogP contribution >= 0.6 is 7.92 Å². The summed E-state index contributed by atoms with van der Waals surface area (Å²) in [6.07, 6.45) is 17.7. The molecule has 0 heterocycles. The minimum absolute atomic E-state index is 0.354. The number of rotatable bonds is 3. The molecule has 39 heavy (non-hydrogen) atoms. The molecule has 0 fully saturated rings. The van der Waals surface area contributed by atoms with Crippen LogP contribution in [-0.2, 0) is 12.8 Å². The van der Waals surface area contributed by atoms with Crippen LogP contribution in [0.5, 0.6) is 0 Å². The van der Waals surface area contributed by atoms with Gasteiger partial charge in [-0.15, -0.1) is 0 Å². The normalized spacial score (nSPS) is 18.7. The minimum Gasteiger partial charge on any atom is -0.0795 e. The van der Waals surface area contributed by atoms with E-state index in [0.29, 0.717) is 5.66 Å². The van der Waals surface area contributed by atoms with Gasteiger partial charge in [-0.05, 0) is 104 Å². The summed E-state index contributed by atoms with van der Waals surface area (Å²) >= 11 is 0. The van der Waals surface area contributed by atoms with Crippen molar-refractivity contribution >= 4 is 63.4 Å². The zero-order chi connectivity index (χ0) is 25.5. The lowest BCUT2D eigenvalue weighted by Crippen LogP contribution is -2.27. The molecule has 0 radical (unpaired) electrons. The van der Waals surface area contributed by atoms with Crippen LogP contribution in [0.2, 0.25) is 0 Å². The van der Waals surface area contributed by atoms with Gasteiger partial charge in [-0.2, -0.15) is 0 Å². The lowest BCUT2D eigenvalue weighted by atomic mass is 9.81. The van der Waals surface area contributed by atoms with E-state index < -0.39 is 7.92 Å². The van der Waals surface area contributed by atoms with Gasteiger partial charge >= 0.3 is 0 Å². The van der Waals surface area contributed by atoms with Crippen molar-refractivity contribution < 1.29 is 0 Å². The number of benzene rings is 5. The maximum absolute atomic E-state index is 2.55. The molecule has 2 unspecified atom stereocenters. The van der Waals surface area contributed by atoms with Crippen molar-refractivity contribution in [2.45, 2.75) is 24.9 Å². The van der Waals surface area contributed by atoms with Crippen LogP contribution < -0.4 is 10.6 Å². The molecule has 4 aliphatic carbocycles. The van der Waals surface area contributed by atoms with Gasteiger partial charge in [0, 0.05) is 5.66 Å². The Morgan fingerprint density at radius 1 is 0.615 bits per heavy atom. The lowest BCUT2D eigenvalue weighted by Gasteiger charge is -2.36. The van der Waals surface area contributed by atoms with E-state index in [4.69, 9.17) is 0 Å². The molecule has 5 aromatic rings. The zero-order valence-electron chi connectivity index (χ0n) is 21.7. The second kappa shape index (κ2) is 8.25. The molecule has 0 aliphatic heterocycles. The first-order valence-corrected chi connectivity index (χ1v) is 15.5. The maximum atomic E-state index is 2.55. The largest absolute Gasteiger partial charge is 0.0795 e. The summed E-state index contributed by atoms with van der Waals surface area (Å²) in [4.78, 5) is 0. The molecule has 4 aliphatic rings. The van der Waals surface area contributed by atoms with E-state index in [1.807, 2.05) is 0 Å². The van der Waals surface area contributed by atoms with E-state index in [1.165, 1.54) is 65.8 Å². The maximum Gasteiger partial charge on any atom is 0.0308 e. The predicted molar refractivity (Wildman–Crippen MR) is 170 cm³/mol. The van der Waals surface area contributed by atoms with Crippen LogP contribution in [-0.4, -0.2) is 5.66 Å². The molecule has 0 saturated heterocycles. The van der Waals surface area contributed by atoms with Crippen molar-refractivity contribution in [2.24, 2.45) is 0 Å². The highest BCUT2D eigenvalue weighted by Crippen LogP contribution is 2.54. The molecule has 9 rings (SSSR count). The van der Waals surface area contributed by atoms with Crippen LogP contribution in [0.1, 0.15) is 39.8 Å². The Bertz CT molecular complexity index is 1980. The topological polar surface area (TPSA) is 0 Å². The van der Waals surface area contributed by atoms with Crippen molar-refractivity contribution in [3.8, 4) is 0 Å². The Morgan fingerprint density at radius 3 is 2.33 bits per heavy atom. The molecule has 1 heteroatoms. The second-order valence-electron chi connectivity index (χ2n) is 11.1. The van der Waals surface area contributed by atoms with E-state index in [2.05, 4.69) is 121 Å². The van der Waals surface area contributed by atoms with E-state index in [0.717, 1.165) is 19.3 Å². The van der Waals surface area contributed by atoms with Gasteiger partial charge in [0.1, 0.15) is 0 Å². The summed E-state index contributed by atoms with van der Waals surface area (Å²) in [5.41, 5.74) is 12.1. The zero-order valence-corrected chi connectivity index (χ0v) is 22.6. The minimum atomic E-state index is -0.656. The third-order valence-corrected chi connectivity index (χ3v) is 12.0. The van der Waals surface area contributed by atoms with Gasteiger partial charge < -0.3 is 0 Å². The van der Waals surface area contributed by atoms with Crippen LogP contribution in [0.3, 0.4) is 0 Å². The van der Waals surface area contributed by atoms with Crippen molar-refractivity contribution in [2.75, 3.05) is 0 Å². The Morgan fingerprint density at radius 2 is 1.44 bits per heavy atom. The quantitative estimate of drug-likeness (QED) is 0.211. The summed E-state index contributed by atoms with van der Waals surface area (Å²) in [6, 6.07) is 32.3. The van der Waals surface area contributed by atoms with Gasteiger partial charge in [-0.25, -0.2) is 0 Å². The molecule has 0 spiro atoms. The number of hydrogen-bond donors (Lipinski definition) is 0. The molecule has 0 saturated carbocycles. The van der Waals surface area contributed by atoms with E-state index in [1.54, 1.807) is 10.9 Å². The fourth-order valence-corrected chi connectivity index (χ4v) is 10.4. The summed E-state index contributed by atoms with van der Waals surface area (Å²) in [5, 5.41) is 8.74. The summed E-state index contributed by atoms with van der Waals surface area (Å²) in [7, 11) is -0.656. The molecule has 0 nitrogen and oxygen atoms in total. The first-order chi connectivity index (χ1) is 19.3. The predicted octanol–water partition coefficient (Wildman–Crippen LogP) is 8.82. The van der Waals surface area contributed by atoms with Crippen LogP contribution in [0.25, 0.3) is 44.8 Å². The van der Waals surface area contributed by atoms with Gasteiger partial charge in [0.15, 0.2) is 0 Å². The summed E-state index contributed by atoms with van der Waals surface area (Å²) in [6.45, 7) is 0. The van der Waals surface area contributed by atoms with Crippen molar-refractivity contribution in [1.82, 2.24) is 0 Å². The molecule has 184 valence electrons. The molecular formula is C38H27P. The highest BCUT2D eigenvalue weighted by Gasteiger charge is 2.34. The van der Waals surface area contributed by atoms with Crippen molar-refractivity contribution in [3.05, 3.63) is 143 Å². The average Bonchev–Trinajstić information content (AvgIpc) is 3.00. The third kappa shape index (κ3) is 3.10. The highest BCUT2D eigenvalue weighted by atomic mass is 31.1. The smallest absolute Gasteiger partial charge is 0.0308 e. The SMILES string of the molecule is C1=Cc2ccc3ccc(P(c4ccccc4)C4C=Cc5ccc6cccc7c6c5C4=CC7)c4c3c2C(=CC4)C1. The van der Waals surface area contributed by atoms with Gasteiger partial charge in [0.05, 0.1) is 0 Å². The molecular weight excluding hydrogens is 487 g/mol. The molecule has 0 amide bonds. The summed E-state index contributed by atoms with van der Waals surface area (Å²) < 4.78 is 0. The highest BCUT2D eigenvalue weighted by molar-refractivity contribution is 7.74. The Balaban J connectivity index is 1.31. The monoisotopic (exact) mass is 514 g/mol. The molecule has 5 aromatic carbocycles. The Hall–Kier alpha value is -3.99. The molecule has 0 bridgehead atoms. The van der Waals surface area contributed by atoms with Crippen LogP contribution in [0, 0.1) is 0 Å². The standard InChI is InChI=1S/C38H27P/c1-2-10-30(11-3-1)39(33-22-18-28-14-12-24-6-4-8-26-16-20-31(33)37(28)35(24)26)34-23-19-29-15-13-25-7-5-9-27-17-21-32(34)38(29)36(25)27/h1-8,10-15,17-20,22-23,33H,9,16,21H2.